The zero-order valence-corrected chi connectivity index (χ0v) is 15.3. The van der Waals surface area contributed by atoms with Gasteiger partial charge in [-0.25, -0.2) is 4.39 Å². The van der Waals surface area contributed by atoms with Gasteiger partial charge in [-0.05, 0) is 53.6 Å². The summed E-state index contributed by atoms with van der Waals surface area (Å²) >= 11 is 0. The van der Waals surface area contributed by atoms with Gasteiger partial charge in [-0.3, -0.25) is 9.48 Å². The van der Waals surface area contributed by atoms with Crippen LogP contribution in [0, 0.1) is 5.82 Å². The third kappa shape index (κ3) is 3.30. The number of anilines is 1. The second kappa shape index (κ2) is 7.12. The van der Waals surface area contributed by atoms with Gasteiger partial charge in [0.1, 0.15) is 5.82 Å². The van der Waals surface area contributed by atoms with Crippen LogP contribution in [0.3, 0.4) is 0 Å². The summed E-state index contributed by atoms with van der Waals surface area (Å²) < 4.78 is 15.4. The number of rotatable bonds is 4. The van der Waals surface area contributed by atoms with Crippen LogP contribution in [0.2, 0.25) is 0 Å². The molecule has 0 aliphatic carbocycles. The molecule has 0 atom stereocenters. The normalized spacial score (nSPS) is 10.8. The van der Waals surface area contributed by atoms with Crippen LogP contribution in [0.25, 0.3) is 33.3 Å². The first kappa shape index (κ1) is 17.7. The quantitative estimate of drug-likeness (QED) is 0.503. The Labute approximate surface area is 161 Å². The number of aromatic nitrogens is 2. The van der Waals surface area contributed by atoms with Gasteiger partial charge in [-0.2, -0.15) is 5.10 Å². The number of fused-ring (bicyclic) bond motifs is 1. The van der Waals surface area contributed by atoms with Crippen molar-refractivity contribution in [3.8, 4) is 22.4 Å². The maximum Gasteiger partial charge on any atom is 0.247 e. The molecule has 0 bridgehead atoms. The van der Waals surface area contributed by atoms with Crippen LogP contribution in [-0.2, 0) is 11.8 Å². The van der Waals surface area contributed by atoms with Crippen LogP contribution in [0.15, 0.2) is 79.4 Å². The average Bonchev–Trinajstić information content (AvgIpc) is 3.03. The van der Waals surface area contributed by atoms with E-state index < -0.39 is 0 Å². The minimum absolute atomic E-state index is 0.258. The molecule has 0 spiro atoms. The van der Waals surface area contributed by atoms with Gasteiger partial charge in [-0.15, -0.1) is 0 Å². The summed E-state index contributed by atoms with van der Waals surface area (Å²) in [4.78, 5) is 11.6. The van der Waals surface area contributed by atoms with Crippen molar-refractivity contribution in [3.63, 3.8) is 0 Å². The lowest BCUT2D eigenvalue weighted by molar-refractivity contribution is -0.111. The molecule has 4 nitrogen and oxygen atoms in total. The molecule has 1 amide bonds. The summed E-state index contributed by atoms with van der Waals surface area (Å²) in [6.45, 7) is 3.47. The monoisotopic (exact) mass is 371 g/mol. The molecule has 4 aromatic rings. The van der Waals surface area contributed by atoms with Gasteiger partial charge in [0.05, 0.1) is 11.2 Å². The zero-order chi connectivity index (χ0) is 19.7. The Morgan fingerprint density at radius 1 is 1.04 bits per heavy atom. The molecule has 0 fully saturated rings. The van der Waals surface area contributed by atoms with Gasteiger partial charge < -0.3 is 5.32 Å². The lowest BCUT2D eigenvalue weighted by Crippen LogP contribution is -2.07. The highest BCUT2D eigenvalue weighted by Gasteiger charge is 2.13. The van der Waals surface area contributed by atoms with E-state index in [0.29, 0.717) is 5.69 Å². The molecule has 28 heavy (non-hydrogen) atoms. The van der Waals surface area contributed by atoms with E-state index in [2.05, 4.69) is 17.0 Å². The molecule has 1 heterocycles. The van der Waals surface area contributed by atoms with Crippen molar-refractivity contribution < 1.29 is 9.18 Å². The summed E-state index contributed by atoms with van der Waals surface area (Å²) in [5.74, 6) is -0.524. The number of aryl methyl sites for hydroxylation is 1. The topological polar surface area (TPSA) is 46.9 Å². The lowest BCUT2D eigenvalue weighted by Gasteiger charge is -2.07. The van der Waals surface area contributed by atoms with Crippen LogP contribution in [0.4, 0.5) is 10.1 Å². The second-order valence-corrected chi connectivity index (χ2v) is 6.49. The Balaban J connectivity index is 1.79. The Kier molecular flexibility index (Phi) is 4.49. The first-order chi connectivity index (χ1) is 13.5. The third-order valence-corrected chi connectivity index (χ3v) is 4.58. The lowest BCUT2D eigenvalue weighted by atomic mass is 10.0. The zero-order valence-electron chi connectivity index (χ0n) is 15.3. The molecular formula is C23H18FN3O. The Morgan fingerprint density at radius 2 is 1.79 bits per heavy atom. The van der Waals surface area contributed by atoms with Crippen molar-refractivity contribution >= 4 is 22.5 Å². The number of halogens is 1. The maximum atomic E-state index is 13.6. The molecule has 138 valence electrons. The summed E-state index contributed by atoms with van der Waals surface area (Å²) in [6.07, 6.45) is 1.24. The van der Waals surface area contributed by atoms with Crippen molar-refractivity contribution in [2.75, 3.05) is 5.32 Å². The highest BCUT2D eigenvalue weighted by Crippen LogP contribution is 2.32. The van der Waals surface area contributed by atoms with Crippen molar-refractivity contribution in [2.45, 2.75) is 0 Å². The summed E-state index contributed by atoms with van der Waals surface area (Å²) in [5, 5.41) is 8.38. The Morgan fingerprint density at radius 3 is 2.57 bits per heavy atom. The fourth-order valence-corrected chi connectivity index (χ4v) is 3.33. The van der Waals surface area contributed by atoms with Crippen LogP contribution >= 0.6 is 0 Å². The van der Waals surface area contributed by atoms with Crippen LogP contribution in [-0.4, -0.2) is 15.7 Å². The fraction of sp³-hybridized carbons (Fsp3) is 0.0435. The fourth-order valence-electron chi connectivity index (χ4n) is 3.33. The molecule has 0 saturated heterocycles. The first-order valence-corrected chi connectivity index (χ1v) is 8.82. The van der Waals surface area contributed by atoms with Gasteiger partial charge in [0.2, 0.25) is 5.91 Å². The number of benzene rings is 3. The first-order valence-electron chi connectivity index (χ1n) is 8.82. The number of nitrogens with zero attached hydrogens (tertiary/aromatic N) is 2. The molecule has 3 aromatic carbocycles. The highest BCUT2D eigenvalue weighted by atomic mass is 19.1. The Hall–Kier alpha value is -3.73. The SMILES string of the molecule is C=CC(=O)Nc1cccc(-c2c3ccc(-c4cccc(F)c4)cc3nn2C)c1. The van der Waals surface area contributed by atoms with Crippen LogP contribution in [0.1, 0.15) is 0 Å². The predicted molar refractivity (Wildman–Crippen MR) is 110 cm³/mol. The molecule has 0 radical (unpaired) electrons. The van der Waals surface area contributed by atoms with E-state index in [4.69, 9.17) is 0 Å². The van der Waals surface area contributed by atoms with E-state index in [-0.39, 0.29) is 11.7 Å². The van der Waals surface area contributed by atoms with E-state index in [1.165, 1.54) is 18.2 Å². The Bertz CT molecular complexity index is 1210. The van der Waals surface area contributed by atoms with E-state index >= 15 is 0 Å². The molecule has 0 saturated carbocycles. The molecule has 1 N–H and O–H groups in total. The van der Waals surface area contributed by atoms with E-state index in [1.807, 2.05) is 60.3 Å². The standard InChI is InChI=1S/C23H18FN3O/c1-3-22(28)25-19-9-5-7-17(13-19)23-20-11-10-16(14-21(20)26-27(23)2)15-6-4-8-18(24)12-15/h3-14H,1H2,2H3,(H,25,28). The molecule has 0 aliphatic heterocycles. The highest BCUT2D eigenvalue weighted by molar-refractivity contribution is 6.00. The minimum atomic E-state index is -0.266. The van der Waals surface area contributed by atoms with Crippen molar-refractivity contribution in [2.24, 2.45) is 7.05 Å². The summed E-state index contributed by atoms with van der Waals surface area (Å²) in [7, 11) is 1.88. The van der Waals surface area contributed by atoms with Gasteiger partial charge in [0.25, 0.3) is 0 Å². The predicted octanol–water partition coefficient (Wildman–Crippen LogP) is 5.17. The largest absolute Gasteiger partial charge is 0.323 e. The van der Waals surface area contributed by atoms with Gasteiger partial charge in [0.15, 0.2) is 0 Å². The number of amides is 1. The van der Waals surface area contributed by atoms with Crippen molar-refractivity contribution in [1.82, 2.24) is 9.78 Å². The minimum Gasteiger partial charge on any atom is -0.323 e. The number of nitrogens with one attached hydrogen (secondary N) is 1. The van der Waals surface area contributed by atoms with Gasteiger partial charge >= 0.3 is 0 Å². The molecule has 1 aromatic heterocycles. The molecule has 4 rings (SSSR count). The molecule has 0 aliphatic rings. The smallest absolute Gasteiger partial charge is 0.247 e. The van der Waals surface area contributed by atoms with E-state index in [9.17, 15) is 9.18 Å². The molecule has 0 unspecified atom stereocenters. The van der Waals surface area contributed by atoms with Gasteiger partial charge in [-0.1, -0.05) is 36.9 Å². The maximum absolute atomic E-state index is 13.6. The number of carbonyl (C=O) groups excluding carboxylic acids is 1. The molecular weight excluding hydrogens is 353 g/mol. The summed E-state index contributed by atoms with van der Waals surface area (Å²) in [5.41, 5.74) is 5.10. The van der Waals surface area contributed by atoms with Crippen LogP contribution in [0.5, 0.6) is 0 Å². The molecule has 5 heteroatoms. The summed E-state index contributed by atoms with van der Waals surface area (Å²) in [6, 6.07) is 20.0. The third-order valence-electron chi connectivity index (χ3n) is 4.58. The number of carbonyl (C=O) groups is 1. The van der Waals surface area contributed by atoms with E-state index in [0.717, 1.165) is 33.3 Å². The van der Waals surface area contributed by atoms with Crippen LogP contribution < -0.4 is 5.32 Å². The second-order valence-electron chi connectivity index (χ2n) is 6.49. The average molecular weight is 371 g/mol. The number of hydrogen-bond acceptors (Lipinski definition) is 2. The van der Waals surface area contributed by atoms with E-state index in [1.54, 1.807) is 6.07 Å². The number of hydrogen-bond donors (Lipinski definition) is 1. The van der Waals surface area contributed by atoms with Gasteiger partial charge in [0, 0.05) is 23.7 Å². The van der Waals surface area contributed by atoms with Crippen molar-refractivity contribution in [1.29, 1.82) is 0 Å². The van der Waals surface area contributed by atoms with Crippen molar-refractivity contribution in [3.05, 3.63) is 85.2 Å².